The number of hydrogen-bond acceptors (Lipinski definition) is 3. The Labute approximate surface area is 122 Å². The molecule has 0 bridgehead atoms. The van der Waals surface area contributed by atoms with Crippen LogP contribution < -0.4 is 5.73 Å². The van der Waals surface area contributed by atoms with E-state index in [1.165, 1.54) is 12.1 Å². The van der Waals surface area contributed by atoms with E-state index in [1.54, 1.807) is 7.11 Å². The van der Waals surface area contributed by atoms with Gasteiger partial charge in [0.25, 0.3) is 0 Å². The van der Waals surface area contributed by atoms with E-state index < -0.39 is 0 Å². The van der Waals surface area contributed by atoms with E-state index in [-0.39, 0.29) is 11.9 Å². The molecule has 2 rings (SSSR count). The van der Waals surface area contributed by atoms with E-state index >= 15 is 0 Å². The van der Waals surface area contributed by atoms with Gasteiger partial charge in [-0.1, -0.05) is 22.0 Å². The Bertz CT molecular complexity index is 430. The molecular formula is C14H20BrFN2O. The zero-order valence-corrected chi connectivity index (χ0v) is 12.7. The van der Waals surface area contributed by atoms with E-state index in [9.17, 15) is 4.39 Å². The van der Waals surface area contributed by atoms with Crippen molar-refractivity contribution in [2.75, 3.05) is 33.4 Å². The predicted octanol–water partition coefficient (Wildman–Crippen LogP) is 2.56. The molecule has 1 fully saturated rings. The predicted molar refractivity (Wildman–Crippen MR) is 77.5 cm³/mol. The van der Waals surface area contributed by atoms with Gasteiger partial charge in [0.05, 0.1) is 6.61 Å². The van der Waals surface area contributed by atoms with Crippen molar-refractivity contribution >= 4 is 15.9 Å². The lowest BCUT2D eigenvalue weighted by atomic mass is 10.1. The first-order valence-electron chi connectivity index (χ1n) is 6.53. The molecule has 3 nitrogen and oxygen atoms in total. The van der Waals surface area contributed by atoms with Crippen LogP contribution in [-0.2, 0) is 4.74 Å². The van der Waals surface area contributed by atoms with Crippen LogP contribution in [0.1, 0.15) is 18.0 Å². The van der Waals surface area contributed by atoms with Crippen molar-refractivity contribution < 1.29 is 9.13 Å². The molecule has 5 heteroatoms. The summed E-state index contributed by atoms with van der Waals surface area (Å²) in [5.41, 5.74) is 6.98. The monoisotopic (exact) mass is 330 g/mol. The highest BCUT2D eigenvalue weighted by atomic mass is 79.9. The van der Waals surface area contributed by atoms with E-state index in [1.807, 2.05) is 6.07 Å². The smallest absolute Gasteiger partial charge is 0.124 e. The van der Waals surface area contributed by atoms with Crippen molar-refractivity contribution in [1.82, 2.24) is 4.90 Å². The van der Waals surface area contributed by atoms with Gasteiger partial charge in [0.1, 0.15) is 5.82 Å². The van der Waals surface area contributed by atoms with Crippen molar-refractivity contribution in [3.05, 3.63) is 34.1 Å². The first kappa shape index (κ1) is 14.9. The molecule has 1 aromatic carbocycles. The second-order valence-corrected chi connectivity index (χ2v) is 5.88. The van der Waals surface area contributed by atoms with Gasteiger partial charge < -0.3 is 10.5 Å². The standard InChI is InChI=1S/C14H20BrFN2O/c1-19-9-10-4-5-18(8-10)14(7-17)12-3-2-11(16)6-13(12)15/h2-3,6,10,14H,4-5,7-9,17H2,1H3. The summed E-state index contributed by atoms with van der Waals surface area (Å²) in [6.45, 7) is 3.32. The highest BCUT2D eigenvalue weighted by Gasteiger charge is 2.29. The Morgan fingerprint density at radius 2 is 2.37 bits per heavy atom. The average molecular weight is 331 g/mol. The minimum absolute atomic E-state index is 0.136. The van der Waals surface area contributed by atoms with Gasteiger partial charge in [-0.05, 0) is 36.6 Å². The Morgan fingerprint density at radius 3 is 3.00 bits per heavy atom. The van der Waals surface area contributed by atoms with Crippen LogP contribution in [0.2, 0.25) is 0 Å². The van der Waals surface area contributed by atoms with Gasteiger partial charge in [-0.2, -0.15) is 0 Å². The van der Waals surface area contributed by atoms with E-state index in [0.717, 1.165) is 36.2 Å². The SMILES string of the molecule is COCC1CCN(C(CN)c2ccc(F)cc2Br)C1. The third-order valence-electron chi connectivity index (χ3n) is 3.71. The second kappa shape index (κ2) is 6.79. The normalized spacial score (nSPS) is 21.8. The summed E-state index contributed by atoms with van der Waals surface area (Å²) >= 11 is 3.43. The van der Waals surface area contributed by atoms with Gasteiger partial charge in [0.15, 0.2) is 0 Å². The number of nitrogens with two attached hydrogens (primary N) is 1. The molecule has 106 valence electrons. The molecule has 2 N–H and O–H groups in total. The van der Waals surface area contributed by atoms with E-state index in [4.69, 9.17) is 10.5 Å². The molecule has 0 amide bonds. The first-order valence-corrected chi connectivity index (χ1v) is 7.33. The van der Waals surface area contributed by atoms with Crippen LogP contribution in [0.5, 0.6) is 0 Å². The van der Waals surface area contributed by atoms with Crippen LogP contribution in [0.25, 0.3) is 0 Å². The maximum Gasteiger partial charge on any atom is 0.124 e. The Kier molecular flexibility index (Phi) is 5.33. The fraction of sp³-hybridized carbons (Fsp3) is 0.571. The highest BCUT2D eigenvalue weighted by molar-refractivity contribution is 9.10. The van der Waals surface area contributed by atoms with Gasteiger partial charge in [-0.3, -0.25) is 4.90 Å². The number of benzene rings is 1. The molecule has 0 aliphatic carbocycles. The summed E-state index contributed by atoms with van der Waals surface area (Å²) in [6.07, 6.45) is 1.13. The first-order chi connectivity index (χ1) is 9.15. The Balaban J connectivity index is 2.12. The van der Waals surface area contributed by atoms with Crippen molar-refractivity contribution in [2.45, 2.75) is 12.5 Å². The number of rotatable bonds is 5. The van der Waals surface area contributed by atoms with Crippen molar-refractivity contribution in [3.8, 4) is 0 Å². The molecule has 1 aliphatic rings. The van der Waals surface area contributed by atoms with Gasteiger partial charge >= 0.3 is 0 Å². The minimum Gasteiger partial charge on any atom is -0.384 e. The zero-order chi connectivity index (χ0) is 13.8. The fourth-order valence-electron chi connectivity index (χ4n) is 2.76. The maximum absolute atomic E-state index is 13.2. The molecule has 0 saturated carbocycles. The molecular weight excluding hydrogens is 311 g/mol. The van der Waals surface area contributed by atoms with Gasteiger partial charge in [-0.25, -0.2) is 4.39 Å². The molecule has 1 aliphatic heterocycles. The van der Waals surface area contributed by atoms with E-state index in [2.05, 4.69) is 20.8 Å². The number of hydrogen-bond donors (Lipinski definition) is 1. The highest BCUT2D eigenvalue weighted by Crippen LogP contribution is 2.31. The van der Waals surface area contributed by atoms with Crippen molar-refractivity contribution in [2.24, 2.45) is 11.7 Å². The molecule has 2 atom stereocenters. The third kappa shape index (κ3) is 3.54. The summed E-state index contributed by atoms with van der Waals surface area (Å²) in [5.74, 6) is 0.336. The Hall–Kier alpha value is -0.490. The number of likely N-dealkylation sites (tertiary alicyclic amines) is 1. The molecule has 1 heterocycles. The summed E-state index contributed by atoms with van der Waals surface area (Å²) in [6, 6.07) is 4.95. The number of methoxy groups -OCH3 is 1. The average Bonchev–Trinajstić information content (AvgIpc) is 2.82. The van der Waals surface area contributed by atoms with Gasteiger partial charge in [-0.15, -0.1) is 0 Å². The maximum atomic E-state index is 13.2. The Morgan fingerprint density at radius 1 is 1.58 bits per heavy atom. The lowest BCUT2D eigenvalue weighted by molar-refractivity contribution is 0.147. The summed E-state index contributed by atoms with van der Waals surface area (Å²) < 4.78 is 19.2. The largest absolute Gasteiger partial charge is 0.384 e. The third-order valence-corrected chi connectivity index (χ3v) is 4.39. The molecule has 2 unspecified atom stereocenters. The van der Waals surface area contributed by atoms with Gasteiger partial charge in [0.2, 0.25) is 0 Å². The summed E-state index contributed by atoms with van der Waals surface area (Å²) in [7, 11) is 1.74. The minimum atomic E-state index is -0.231. The molecule has 19 heavy (non-hydrogen) atoms. The van der Waals surface area contributed by atoms with Crippen LogP contribution in [0.4, 0.5) is 4.39 Å². The lowest BCUT2D eigenvalue weighted by Crippen LogP contribution is -2.32. The van der Waals surface area contributed by atoms with Crippen LogP contribution in [0.15, 0.2) is 22.7 Å². The van der Waals surface area contributed by atoms with Crippen molar-refractivity contribution in [1.29, 1.82) is 0 Å². The number of ether oxygens (including phenoxy) is 1. The molecule has 0 radical (unpaired) electrons. The quantitative estimate of drug-likeness (QED) is 0.901. The lowest BCUT2D eigenvalue weighted by Gasteiger charge is -2.28. The number of halogens is 2. The van der Waals surface area contributed by atoms with Crippen LogP contribution in [0.3, 0.4) is 0 Å². The molecule has 1 aromatic rings. The van der Waals surface area contributed by atoms with Crippen LogP contribution in [0, 0.1) is 11.7 Å². The molecule has 1 saturated heterocycles. The topological polar surface area (TPSA) is 38.5 Å². The van der Waals surface area contributed by atoms with Crippen LogP contribution >= 0.6 is 15.9 Å². The van der Waals surface area contributed by atoms with Crippen LogP contribution in [-0.4, -0.2) is 38.3 Å². The fourth-order valence-corrected chi connectivity index (χ4v) is 3.38. The summed E-state index contributed by atoms with van der Waals surface area (Å²) in [5, 5.41) is 0. The molecule has 0 spiro atoms. The van der Waals surface area contributed by atoms with E-state index in [0.29, 0.717) is 12.5 Å². The second-order valence-electron chi connectivity index (χ2n) is 5.02. The summed E-state index contributed by atoms with van der Waals surface area (Å²) in [4.78, 5) is 2.36. The molecule has 0 aromatic heterocycles. The number of nitrogens with zero attached hydrogens (tertiary/aromatic N) is 1. The zero-order valence-electron chi connectivity index (χ0n) is 11.1. The van der Waals surface area contributed by atoms with Gasteiger partial charge in [0, 0.05) is 30.7 Å². The van der Waals surface area contributed by atoms with Crippen molar-refractivity contribution in [3.63, 3.8) is 0 Å².